The van der Waals surface area contributed by atoms with E-state index >= 15 is 0 Å². The van der Waals surface area contributed by atoms with Gasteiger partial charge < -0.3 is 14.4 Å². The highest BCUT2D eigenvalue weighted by molar-refractivity contribution is 5.99. The predicted molar refractivity (Wildman–Crippen MR) is 101 cm³/mol. The molecule has 146 valence electrons. The van der Waals surface area contributed by atoms with Crippen LogP contribution in [0.2, 0.25) is 0 Å². The number of piperidine rings is 1. The Balaban J connectivity index is 1.84. The number of likely N-dealkylation sites (tertiary alicyclic amines) is 1. The van der Waals surface area contributed by atoms with Crippen molar-refractivity contribution in [1.82, 2.24) is 14.5 Å². The third kappa shape index (κ3) is 3.91. The molecule has 1 fully saturated rings. The van der Waals surface area contributed by atoms with Crippen molar-refractivity contribution in [2.45, 2.75) is 52.1 Å². The lowest BCUT2D eigenvalue weighted by molar-refractivity contribution is 0.0205. The van der Waals surface area contributed by atoms with Crippen molar-refractivity contribution in [3.8, 4) is 0 Å². The minimum Gasteiger partial charge on any atom is -0.465 e. The van der Waals surface area contributed by atoms with E-state index in [0.29, 0.717) is 24.3 Å². The van der Waals surface area contributed by atoms with E-state index in [2.05, 4.69) is 5.10 Å². The number of pyridine rings is 1. The van der Waals surface area contributed by atoms with Crippen molar-refractivity contribution >= 4 is 17.6 Å². The van der Waals surface area contributed by atoms with Gasteiger partial charge in [-0.1, -0.05) is 6.07 Å². The van der Waals surface area contributed by atoms with Gasteiger partial charge in [0.2, 0.25) is 0 Å². The van der Waals surface area contributed by atoms with E-state index in [9.17, 15) is 9.59 Å². The zero-order valence-electron chi connectivity index (χ0n) is 16.6. The fraction of sp³-hybridized carbons (Fsp3) is 0.550. The quantitative estimate of drug-likeness (QED) is 0.753. The molecule has 0 spiro atoms. The van der Waals surface area contributed by atoms with Gasteiger partial charge in [0.25, 0.3) is 0 Å². The van der Waals surface area contributed by atoms with Gasteiger partial charge in [-0.15, -0.1) is 0 Å². The molecule has 0 aromatic carbocycles. The van der Waals surface area contributed by atoms with Crippen molar-refractivity contribution in [2.24, 2.45) is 0 Å². The molecule has 0 atom stereocenters. The van der Waals surface area contributed by atoms with Gasteiger partial charge >= 0.3 is 12.1 Å². The SMILES string of the molecule is COC(=O)c1c(C)nn2cccc(C3CCN(C(=O)OC(C)(C)C)CC3)c12. The summed E-state index contributed by atoms with van der Waals surface area (Å²) in [5.41, 5.74) is 2.55. The smallest absolute Gasteiger partial charge is 0.410 e. The molecule has 2 aromatic rings. The largest absolute Gasteiger partial charge is 0.465 e. The summed E-state index contributed by atoms with van der Waals surface area (Å²) in [7, 11) is 1.38. The van der Waals surface area contributed by atoms with E-state index in [1.165, 1.54) is 7.11 Å². The average Bonchev–Trinajstić information content (AvgIpc) is 2.95. The monoisotopic (exact) mass is 373 g/mol. The van der Waals surface area contributed by atoms with Crippen molar-refractivity contribution in [2.75, 3.05) is 20.2 Å². The van der Waals surface area contributed by atoms with Gasteiger partial charge in [0, 0.05) is 19.3 Å². The Labute approximate surface area is 159 Å². The summed E-state index contributed by atoms with van der Waals surface area (Å²) in [6, 6.07) is 3.98. The Morgan fingerprint density at radius 1 is 1.22 bits per heavy atom. The van der Waals surface area contributed by atoms with Crippen LogP contribution in [0.25, 0.3) is 5.52 Å². The molecule has 1 aliphatic heterocycles. The Morgan fingerprint density at radius 2 is 1.89 bits per heavy atom. The van der Waals surface area contributed by atoms with Crippen LogP contribution in [0.15, 0.2) is 18.3 Å². The topological polar surface area (TPSA) is 73.1 Å². The van der Waals surface area contributed by atoms with Gasteiger partial charge in [-0.3, -0.25) is 0 Å². The number of rotatable bonds is 2. The average molecular weight is 373 g/mol. The number of nitrogens with zero attached hydrogens (tertiary/aromatic N) is 3. The number of fused-ring (bicyclic) bond motifs is 1. The Kier molecular flexibility index (Phi) is 5.13. The van der Waals surface area contributed by atoms with E-state index in [4.69, 9.17) is 9.47 Å². The summed E-state index contributed by atoms with van der Waals surface area (Å²) >= 11 is 0. The molecule has 7 nitrogen and oxygen atoms in total. The number of aromatic nitrogens is 2. The van der Waals surface area contributed by atoms with Gasteiger partial charge in [-0.25, -0.2) is 14.1 Å². The first-order valence-corrected chi connectivity index (χ1v) is 9.25. The number of amides is 1. The summed E-state index contributed by atoms with van der Waals surface area (Å²) in [6.45, 7) is 8.68. The van der Waals surface area contributed by atoms with E-state index in [-0.39, 0.29) is 18.0 Å². The molecular weight excluding hydrogens is 346 g/mol. The third-order valence-corrected chi connectivity index (χ3v) is 4.84. The van der Waals surface area contributed by atoms with Crippen molar-refractivity contribution in [3.63, 3.8) is 0 Å². The maximum absolute atomic E-state index is 12.3. The number of hydrogen-bond donors (Lipinski definition) is 0. The van der Waals surface area contributed by atoms with Gasteiger partial charge in [-0.05, 0) is 58.1 Å². The molecule has 0 saturated carbocycles. The zero-order valence-corrected chi connectivity index (χ0v) is 16.6. The van der Waals surface area contributed by atoms with Gasteiger partial charge in [0.05, 0.1) is 18.3 Å². The molecule has 3 heterocycles. The van der Waals surface area contributed by atoms with Crippen molar-refractivity contribution in [3.05, 3.63) is 35.2 Å². The summed E-state index contributed by atoms with van der Waals surface area (Å²) in [5.74, 6) is -0.131. The van der Waals surface area contributed by atoms with Crippen LogP contribution in [-0.2, 0) is 9.47 Å². The van der Waals surface area contributed by atoms with E-state index in [1.54, 1.807) is 9.42 Å². The summed E-state index contributed by atoms with van der Waals surface area (Å²) in [5, 5.41) is 4.45. The van der Waals surface area contributed by atoms with Crippen molar-refractivity contribution < 1.29 is 19.1 Å². The second kappa shape index (κ2) is 7.21. The van der Waals surface area contributed by atoms with Crippen LogP contribution < -0.4 is 0 Å². The van der Waals surface area contributed by atoms with Crippen LogP contribution in [0.1, 0.15) is 61.1 Å². The maximum atomic E-state index is 12.3. The molecule has 1 amide bonds. The fourth-order valence-corrected chi connectivity index (χ4v) is 3.61. The van der Waals surface area contributed by atoms with E-state index in [1.807, 2.05) is 46.0 Å². The number of ether oxygens (including phenoxy) is 2. The van der Waals surface area contributed by atoms with Gasteiger partial charge in [0.15, 0.2) is 0 Å². The van der Waals surface area contributed by atoms with E-state index < -0.39 is 5.60 Å². The highest BCUT2D eigenvalue weighted by atomic mass is 16.6. The molecule has 0 unspecified atom stereocenters. The third-order valence-electron chi connectivity index (χ3n) is 4.84. The Morgan fingerprint density at radius 3 is 2.48 bits per heavy atom. The van der Waals surface area contributed by atoms with Crippen LogP contribution in [0.5, 0.6) is 0 Å². The summed E-state index contributed by atoms with van der Waals surface area (Å²) in [6.07, 6.45) is 3.19. The number of hydrogen-bond acceptors (Lipinski definition) is 5. The molecule has 7 heteroatoms. The second-order valence-electron chi connectivity index (χ2n) is 7.95. The standard InChI is InChI=1S/C20H27N3O4/c1-13-16(18(24)26-5)17-15(7-6-10-23(17)21-13)14-8-11-22(12-9-14)19(25)27-20(2,3)4/h6-7,10,14H,8-9,11-12H2,1-5H3. The summed E-state index contributed by atoms with van der Waals surface area (Å²) < 4.78 is 12.2. The first-order chi connectivity index (χ1) is 12.7. The van der Waals surface area contributed by atoms with Gasteiger partial charge in [0.1, 0.15) is 11.2 Å². The maximum Gasteiger partial charge on any atom is 0.410 e. The molecule has 1 aliphatic rings. The molecule has 0 radical (unpaired) electrons. The highest BCUT2D eigenvalue weighted by Gasteiger charge is 2.30. The van der Waals surface area contributed by atoms with Crippen LogP contribution >= 0.6 is 0 Å². The molecule has 2 aromatic heterocycles. The lowest BCUT2D eigenvalue weighted by Crippen LogP contribution is -2.41. The summed E-state index contributed by atoms with van der Waals surface area (Å²) in [4.78, 5) is 26.3. The molecule has 3 rings (SSSR count). The minimum absolute atomic E-state index is 0.242. The fourth-order valence-electron chi connectivity index (χ4n) is 3.61. The Bertz CT molecular complexity index is 858. The first-order valence-electron chi connectivity index (χ1n) is 9.25. The number of methoxy groups -OCH3 is 1. The molecule has 0 bridgehead atoms. The van der Waals surface area contributed by atoms with Crippen LogP contribution in [-0.4, -0.2) is 52.4 Å². The lowest BCUT2D eigenvalue weighted by Gasteiger charge is -2.33. The lowest BCUT2D eigenvalue weighted by atomic mass is 9.88. The van der Waals surface area contributed by atoms with Crippen LogP contribution in [0.4, 0.5) is 4.79 Å². The highest BCUT2D eigenvalue weighted by Crippen LogP contribution is 2.33. The zero-order chi connectivity index (χ0) is 19.8. The molecular formula is C20H27N3O4. The normalized spacial score (nSPS) is 15.8. The predicted octanol–water partition coefficient (Wildman–Crippen LogP) is 3.54. The Hall–Kier alpha value is -2.57. The molecule has 1 saturated heterocycles. The number of aryl methyl sites for hydroxylation is 1. The van der Waals surface area contributed by atoms with Crippen molar-refractivity contribution in [1.29, 1.82) is 0 Å². The van der Waals surface area contributed by atoms with E-state index in [0.717, 1.165) is 23.9 Å². The first kappa shape index (κ1) is 19.2. The second-order valence-corrected chi connectivity index (χ2v) is 7.95. The molecule has 0 aliphatic carbocycles. The van der Waals surface area contributed by atoms with Crippen LogP contribution in [0, 0.1) is 6.92 Å². The molecule has 0 N–H and O–H groups in total. The number of carbonyl (C=O) groups is 2. The minimum atomic E-state index is -0.496. The van der Waals surface area contributed by atoms with Crippen LogP contribution in [0.3, 0.4) is 0 Å². The number of esters is 1. The number of carbonyl (C=O) groups excluding carboxylic acids is 2. The van der Waals surface area contributed by atoms with Gasteiger partial charge in [-0.2, -0.15) is 5.10 Å². The molecule has 27 heavy (non-hydrogen) atoms.